The molecule has 0 saturated carbocycles. The predicted octanol–water partition coefficient (Wildman–Crippen LogP) is 3.26. The molecule has 1 aliphatic rings. The fourth-order valence-corrected chi connectivity index (χ4v) is 2.58. The van der Waals surface area contributed by atoms with E-state index in [9.17, 15) is 0 Å². The van der Waals surface area contributed by atoms with Crippen molar-refractivity contribution in [2.24, 2.45) is 0 Å². The summed E-state index contributed by atoms with van der Waals surface area (Å²) < 4.78 is 11.3. The molecule has 0 aliphatic carbocycles. The third kappa shape index (κ3) is 3.40. The van der Waals surface area contributed by atoms with Crippen LogP contribution in [0.15, 0.2) is 42.6 Å². The van der Waals surface area contributed by atoms with Gasteiger partial charge in [-0.1, -0.05) is 18.2 Å². The normalized spacial score (nSPS) is 15.9. The predicted molar refractivity (Wildman–Crippen MR) is 79.5 cm³/mol. The number of ether oxygens (including phenoxy) is 2. The number of aliphatic hydroxyl groups is 1. The molecule has 21 heavy (non-hydrogen) atoms. The lowest BCUT2D eigenvalue weighted by Crippen LogP contribution is -2.15. The maximum atomic E-state index is 9.07. The van der Waals surface area contributed by atoms with E-state index in [-0.39, 0.29) is 6.61 Å². The van der Waals surface area contributed by atoms with Gasteiger partial charge in [0.15, 0.2) is 0 Å². The van der Waals surface area contributed by atoms with Gasteiger partial charge in [-0.25, -0.2) is 4.98 Å². The summed E-state index contributed by atoms with van der Waals surface area (Å²) in [4.78, 5) is 4.38. The largest absolute Gasteiger partial charge is 0.439 e. The van der Waals surface area contributed by atoms with Crippen molar-refractivity contribution in [3.05, 3.63) is 53.7 Å². The fourth-order valence-electron chi connectivity index (χ4n) is 2.58. The zero-order valence-corrected chi connectivity index (χ0v) is 11.9. The second-order valence-corrected chi connectivity index (χ2v) is 5.19. The monoisotopic (exact) mass is 285 g/mol. The molecule has 1 N–H and O–H groups in total. The molecule has 0 bridgehead atoms. The van der Waals surface area contributed by atoms with E-state index in [1.165, 1.54) is 0 Å². The van der Waals surface area contributed by atoms with Gasteiger partial charge in [0.05, 0.1) is 6.61 Å². The van der Waals surface area contributed by atoms with E-state index in [4.69, 9.17) is 14.6 Å². The molecule has 4 heteroatoms. The molecule has 2 heterocycles. The maximum Gasteiger partial charge on any atom is 0.222 e. The van der Waals surface area contributed by atoms with Crippen LogP contribution >= 0.6 is 0 Å². The van der Waals surface area contributed by atoms with Crippen LogP contribution in [0, 0.1) is 0 Å². The first-order valence-electron chi connectivity index (χ1n) is 7.27. The summed E-state index contributed by atoms with van der Waals surface area (Å²) in [5.41, 5.74) is 2.01. The SMILES string of the molecule is OCc1ccc(Oc2ncccc2C2CCOCC2)cc1. The van der Waals surface area contributed by atoms with Crippen molar-refractivity contribution >= 4 is 0 Å². The Morgan fingerprint density at radius 1 is 1.14 bits per heavy atom. The molecule has 110 valence electrons. The van der Waals surface area contributed by atoms with Crippen LogP contribution in [0.2, 0.25) is 0 Å². The van der Waals surface area contributed by atoms with Crippen molar-refractivity contribution < 1.29 is 14.6 Å². The molecule has 0 radical (unpaired) electrons. The molecule has 1 aromatic carbocycles. The number of pyridine rings is 1. The van der Waals surface area contributed by atoms with E-state index in [2.05, 4.69) is 11.1 Å². The second kappa shape index (κ2) is 6.70. The van der Waals surface area contributed by atoms with Crippen molar-refractivity contribution in [1.29, 1.82) is 0 Å². The van der Waals surface area contributed by atoms with Crippen LogP contribution in [-0.4, -0.2) is 23.3 Å². The van der Waals surface area contributed by atoms with Gasteiger partial charge in [0.25, 0.3) is 0 Å². The molecule has 1 fully saturated rings. The molecule has 0 amide bonds. The highest BCUT2D eigenvalue weighted by atomic mass is 16.5. The average Bonchev–Trinajstić information content (AvgIpc) is 2.57. The van der Waals surface area contributed by atoms with Gasteiger partial charge in [0.2, 0.25) is 5.88 Å². The molecule has 2 aromatic rings. The topological polar surface area (TPSA) is 51.6 Å². The van der Waals surface area contributed by atoms with Gasteiger partial charge >= 0.3 is 0 Å². The van der Waals surface area contributed by atoms with Gasteiger partial charge in [-0.15, -0.1) is 0 Å². The Labute approximate surface area is 124 Å². The first-order chi connectivity index (χ1) is 10.4. The van der Waals surface area contributed by atoms with E-state index >= 15 is 0 Å². The van der Waals surface area contributed by atoms with E-state index in [1.54, 1.807) is 6.20 Å². The first-order valence-corrected chi connectivity index (χ1v) is 7.27. The van der Waals surface area contributed by atoms with Crippen LogP contribution in [0.4, 0.5) is 0 Å². The summed E-state index contributed by atoms with van der Waals surface area (Å²) in [5, 5.41) is 9.07. The van der Waals surface area contributed by atoms with E-state index < -0.39 is 0 Å². The quantitative estimate of drug-likeness (QED) is 0.936. The minimum Gasteiger partial charge on any atom is -0.439 e. The van der Waals surface area contributed by atoms with Gasteiger partial charge in [0, 0.05) is 25.0 Å². The first kappa shape index (κ1) is 14.0. The lowest BCUT2D eigenvalue weighted by molar-refractivity contribution is 0.0848. The van der Waals surface area contributed by atoms with Crippen molar-refractivity contribution in [3.8, 4) is 11.6 Å². The highest BCUT2D eigenvalue weighted by Gasteiger charge is 2.20. The van der Waals surface area contributed by atoms with Crippen LogP contribution < -0.4 is 4.74 Å². The smallest absolute Gasteiger partial charge is 0.222 e. The van der Waals surface area contributed by atoms with E-state index in [0.29, 0.717) is 11.8 Å². The highest BCUT2D eigenvalue weighted by molar-refractivity contribution is 5.35. The van der Waals surface area contributed by atoms with Crippen LogP contribution in [0.1, 0.15) is 29.9 Å². The Bertz CT molecular complexity index is 577. The summed E-state index contributed by atoms with van der Waals surface area (Å²) in [6, 6.07) is 11.5. The van der Waals surface area contributed by atoms with Gasteiger partial charge < -0.3 is 14.6 Å². The van der Waals surface area contributed by atoms with Gasteiger partial charge in [-0.3, -0.25) is 0 Å². The molecular formula is C17H19NO3. The average molecular weight is 285 g/mol. The molecule has 0 spiro atoms. The van der Waals surface area contributed by atoms with Crippen LogP contribution in [0.3, 0.4) is 0 Å². The Kier molecular flexibility index (Phi) is 4.48. The van der Waals surface area contributed by atoms with Crippen molar-refractivity contribution in [3.63, 3.8) is 0 Å². The third-order valence-corrected chi connectivity index (χ3v) is 3.78. The van der Waals surface area contributed by atoms with Gasteiger partial charge in [-0.2, -0.15) is 0 Å². The number of hydrogen-bond acceptors (Lipinski definition) is 4. The Morgan fingerprint density at radius 3 is 2.62 bits per heavy atom. The number of hydrogen-bond donors (Lipinski definition) is 1. The molecular weight excluding hydrogens is 266 g/mol. The molecule has 1 aromatic heterocycles. The maximum absolute atomic E-state index is 9.07. The molecule has 4 nitrogen and oxygen atoms in total. The van der Waals surface area contributed by atoms with Crippen molar-refractivity contribution in [2.45, 2.75) is 25.4 Å². The summed E-state index contributed by atoms with van der Waals surface area (Å²) in [6.07, 6.45) is 3.76. The Hall–Kier alpha value is -1.91. The lowest BCUT2D eigenvalue weighted by Gasteiger charge is -2.23. The lowest BCUT2D eigenvalue weighted by atomic mass is 9.92. The Morgan fingerprint density at radius 2 is 1.90 bits per heavy atom. The summed E-state index contributed by atoms with van der Waals surface area (Å²) in [6.45, 7) is 1.63. The van der Waals surface area contributed by atoms with Crippen LogP contribution in [0.5, 0.6) is 11.6 Å². The fraction of sp³-hybridized carbons (Fsp3) is 0.353. The second-order valence-electron chi connectivity index (χ2n) is 5.19. The van der Waals surface area contributed by atoms with Crippen LogP contribution in [0.25, 0.3) is 0 Å². The summed E-state index contributed by atoms with van der Waals surface area (Å²) >= 11 is 0. The minimum absolute atomic E-state index is 0.0389. The van der Waals surface area contributed by atoms with Gasteiger partial charge in [-0.05, 0) is 42.5 Å². The molecule has 1 aliphatic heterocycles. The molecule has 3 rings (SSSR count). The number of aromatic nitrogens is 1. The standard InChI is InChI=1S/C17H19NO3/c19-12-13-3-5-15(6-4-13)21-17-16(2-1-9-18-17)14-7-10-20-11-8-14/h1-6,9,14,19H,7-8,10-12H2. The zero-order chi connectivity index (χ0) is 14.5. The van der Waals surface area contributed by atoms with Gasteiger partial charge in [0.1, 0.15) is 5.75 Å². The molecule has 1 saturated heterocycles. The third-order valence-electron chi connectivity index (χ3n) is 3.78. The van der Waals surface area contributed by atoms with E-state index in [1.807, 2.05) is 30.3 Å². The molecule has 0 unspecified atom stereocenters. The van der Waals surface area contributed by atoms with E-state index in [0.717, 1.165) is 42.9 Å². The zero-order valence-electron chi connectivity index (χ0n) is 11.9. The Balaban J connectivity index is 1.80. The van der Waals surface area contributed by atoms with Crippen molar-refractivity contribution in [1.82, 2.24) is 4.98 Å². The molecule has 0 atom stereocenters. The van der Waals surface area contributed by atoms with Crippen LogP contribution in [-0.2, 0) is 11.3 Å². The number of aliphatic hydroxyl groups excluding tert-OH is 1. The minimum atomic E-state index is 0.0389. The number of rotatable bonds is 4. The highest BCUT2D eigenvalue weighted by Crippen LogP contribution is 2.34. The van der Waals surface area contributed by atoms with Crippen molar-refractivity contribution in [2.75, 3.05) is 13.2 Å². The summed E-state index contributed by atoms with van der Waals surface area (Å²) in [7, 11) is 0. The number of nitrogens with zero attached hydrogens (tertiary/aromatic N) is 1. The summed E-state index contributed by atoms with van der Waals surface area (Å²) in [5.74, 6) is 1.85. The number of benzene rings is 1.